The summed E-state index contributed by atoms with van der Waals surface area (Å²) in [5, 5.41) is 2.07. The van der Waals surface area contributed by atoms with Gasteiger partial charge in [-0.2, -0.15) is 13.2 Å². The molecule has 16 heavy (non-hydrogen) atoms. The number of amides is 1. The molecule has 0 heterocycles. The van der Waals surface area contributed by atoms with E-state index in [9.17, 15) is 22.4 Å². The van der Waals surface area contributed by atoms with Gasteiger partial charge in [-0.3, -0.25) is 4.79 Å². The summed E-state index contributed by atoms with van der Waals surface area (Å²) in [6, 6.07) is 1.18. The van der Waals surface area contributed by atoms with Gasteiger partial charge in [-0.1, -0.05) is 0 Å². The first kappa shape index (κ1) is 13.0. The Kier molecular flexibility index (Phi) is 3.57. The Balaban J connectivity index is 3.45. The molecule has 0 aromatic heterocycles. The molecule has 0 aliphatic carbocycles. The van der Waals surface area contributed by atoms with Crippen LogP contribution in [-0.2, 0) is 6.18 Å². The first-order chi connectivity index (χ1) is 7.29. The van der Waals surface area contributed by atoms with E-state index >= 15 is 0 Å². The van der Waals surface area contributed by atoms with Crippen molar-refractivity contribution in [1.29, 1.82) is 0 Å². The van der Waals surface area contributed by atoms with Gasteiger partial charge in [0.25, 0.3) is 5.91 Å². The standard InChI is InChI=1S/C9H6BrF4NO/c1-15-8(16)6-5(11)3-2-4(7(6)10)9(12,13)14/h2-3H,1H3,(H,15,16). The number of halogens is 5. The van der Waals surface area contributed by atoms with E-state index in [2.05, 4.69) is 21.2 Å². The highest BCUT2D eigenvalue weighted by Gasteiger charge is 2.35. The largest absolute Gasteiger partial charge is 0.417 e. The molecule has 1 N–H and O–H groups in total. The van der Waals surface area contributed by atoms with Crippen LogP contribution in [0.3, 0.4) is 0 Å². The van der Waals surface area contributed by atoms with Crippen molar-refractivity contribution in [3.8, 4) is 0 Å². The lowest BCUT2D eigenvalue weighted by Crippen LogP contribution is -2.21. The molecule has 88 valence electrons. The molecule has 0 saturated heterocycles. The number of rotatable bonds is 1. The van der Waals surface area contributed by atoms with Gasteiger partial charge in [0, 0.05) is 11.5 Å². The molecule has 0 atom stereocenters. The molecule has 0 saturated carbocycles. The molecule has 0 spiro atoms. The summed E-state index contributed by atoms with van der Waals surface area (Å²) in [5.41, 5.74) is -1.75. The lowest BCUT2D eigenvalue weighted by molar-refractivity contribution is -0.138. The van der Waals surface area contributed by atoms with Gasteiger partial charge in [0.2, 0.25) is 0 Å². The third kappa shape index (κ3) is 2.34. The molecule has 1 rings (SSSR count). The van der Waals surface area contributed by atoms with Gasteiger partial charge >= 0.3 is 6.18 Å². The average molecular weight is 300 g/mol. The fourth-order valence-corrected chi connectivity index (χ4v) is 1.83. The summed E-state index contributed by atoms with van der Waals surface area (Å²) in [5.74, 6) is -1.94. The van der Waals surface area contributed by atoms with Gasteiger partial charge in [-0.25, -0.2) is 4.39 Å². The number of nitrogens with one attached hydrogen (secondary N) is 1. The van der Waals surface area contributed by atoms with Crippen molar-refractivity contribution in [2.24, 2.45) is 0 Å². The van der Waals surface area contributed by atoms with Crippen LogP contribution in [-0.4, -0.2) is 13.0 Å². The first-order valence-electron chi connectivity index (χ1n) is 4.06. The van der Waals surface area contributed by atoms with Crippen molar-refractivity contribution in [1.82, 2.24) is 5.32 Å². The van der Waals surface area contributed by atoms with Crippen LogP contribution in [0.5, 0.6) is 0 Å². The van der Waals surface area contributed by atoms with Crippen molar-refractivity contribution in [3.05, 3.63) is 33.5 Å². The summed E-state index contributed by atoms with van der Waals surface area (Å²) >= 11 is 2.59. The SMILES string of the molecule is CNC(=O)c1c(F)ccc(C(F)(F)F)c1Br. The Hall–Kier alpha value is -1.11. The maximum absolute atomic E-state index is 13.2. The molecule has 0 aliphatic heterocycles. The van der Waals surface area contributed by atoms with Crippen molar-refractivity contribution < 1.29 is 22.4 Å². The molecular weight excluding hydrogens is 294 g/mol. The van der Waals surface area contributed by atoms with Gasteiger partial charge in [-0.15, -0.1) is 0 Å². The van der Waals surface area contributed by atoms with Crippen LogP contribution < -0.4 is 5.32 Å². The first-order valence-corrected chi connectivity index (χ1v) is 4.85. The predicted octanol–water partition coefficient (Wildman–Crippen LogP) is 2.97. The molecule has 2 nitrogen and oxygen atoms in total. The molecule has 0 fully saturated rings. The molecule has 1 amide bonds. The number of carbonyl (C=O) groups is 1. The fraction of sp³-hybridized carbons (Fsp3) is 0.222. The summed E-state index contributed by atoms with van der Waals surface area (Å²) in [6.07, 6.45) is -4.64. The van der Waals surface area contributed by atoms with Gasteiger partial charge in [0.05, 0.1) is 11.1 Å². The quantitative estimate of drug-likeness (QED) is 0.794. The van der Waals surface area contributed by atoms with E-state index in [4.69, 9.17) is 0 Å². The Bertz CT molecular complexity index is 430. The topological polar surface area (TPSA) is 29.1 Å². The van der Waals surface area contributed by atoms with Crippen LogP contribution >= 0.6 is 15.9 Å². The molecule has 0 bridgehead atoms. The predicted molar refractivity (Wildman–Crippen MR) is 52.5 cm³/mol. The van der Waals surface area contributed by atoms with Crippen LogP contribution in [0.15, 0.2) is 16.6 Å². The Morgan fingerprint density at radius 3 is 2.38 bits per heavy atom. The van der Waals surface area contributed by atoms with Crippen LogP contribution in [0.4, 0.5) is 17.6 Å². The summed E-state index contributed by atoms with van der Waals surface area (Å²) < 4.78 is 49.9. The van der Waals surface area contributed by atoms with Crippen LogP contribution in [0.1, 0.15) is 15.9 Å². The lowest BCUT2D eigenvalue weighted by Gasteiger charge is -2.12. The van der Waals surface area contributed by atoms with Crippen LogP contribution in [0.2, 0.25) is 0 Å². The minimum atomic E-state index is -4.64. The van der Waals surface area contributed by atoms with Gasteiger partial charge < -0.3 is 5.32 Å². The van der Waals surface area contributed by atoms with E-state index in [0.29, 0.717) is 12.1 Å². The van der Waals surface area contributed by atoms with E-state index < -0.39 is 33.5 Å². The van der Waals surface area contributed by atoms with E-state index in [0.717, 1.165) is 0 Å². The second kappa shape index (κ2) is 4.40. The molecular formula is C9H6BrF4NO. The summed E-state index contributed by atoms with van der Waals surface area (Å²) in [6.45, 7) is 0. The van der Waals surface area contributed by atoms with Gasteiger partial charge in [0.15, 0.2) is 0 Å². The van der Waals surface area contributed by atoms with E-state index in [1.165, 1.54) is 7.05 Å². The zero-order valence-corrected chi connectivity index (χ0v) is 9.54. The molecule has 0 unspecified atom stereocenters. The number of benzene rings is 1. The van der Waals surface area contributed by atoms with E-state index in [1.54, 1.807) is 0 Å². The summed E-state index contributed by atoms with van der Waals surface area (Å²) in [4.78, 5) is 11.2. The number of alkyl halides is 3. The molecule has 0 aliphatic rings. The van der Waals surface area contributed by atoms with E-state index in [-0.39, 0.29) is 0 Å². The third-order valence-corrected chi connectivity index (χ3v) is 2.67. The Labute approximate surface area is 96.8 Å². The minimum Gasteiger partial charge on any atom is -0.355 e. The highest BCUT2D eigenvalue weighted by Crippen LogP contribution is 2.37. The lowest BCUT2D eigenvalue weighted by atomic mass is 10.1. The average Bonchev–Trinajstić information content (AvgIpc) is 2.15. The van der Waals surface area contributed by atoms with Gasteiger partial charge in [0.1, 0.15) is 5.82 Å². The van der Waals surface area contributed by atoms with E-state index in [1.807, 2.05) is 0 Å². The van der Waals surface area contributed by atoms with Gasteiger partial charge in [-0.05, 0) is 28.1 Å². The number of hydrogen-bond donors (Lipinski definition) is 1. The highest BCUT2D eigenvalue weighted by atomic mass is 79.9. The maximum atomic E-state index is 13.2. The highest BCUT2D eigenvalue weighted by molar-refractivity contribution is 9.10. The van der Waals surface area contributed by atoms with Crippen molar-refractivity contribution in [2.45, 2.75) is 6.18 Å². The number of hydrogen-bond acceptors (Lipinski definition) is 1. The molecule has 1 aromatic carbocycles. The minimum absolute atomic E-state index is 0.575. The second-order valence-corrected chi connectivity index (χ2v) is 3.65. The van der Waals surface area contributed by atoms with Crippen LogP contribution in [0.25, 0.3) is 0 Å². The van der Waals surface area contributed by atoms with Crippen molar-refractivity contribution >= 4 is 21.8 Å². The normalized spacial score (nSPS) is 11.4. The Morgan fingerprint density at radius 2 is 1.94 bits per heavy atom. The fourth-order valence-electron chi connectivity index (χ4n) is 1.10. The monoisotopic (exact) mass is 299 g/mol. The van der Waals surface area contributed by atoms with Crippen molar-refractivity contribution in [2.75, 3.05) is 7.05 Å². The zero-order chi connectivity index (χ0) is 12.5. The summed E-state index contributed by atoms with van der Waals surface area (Å²) in [7, 11) is 1.20. The second-order valence-electron chi connectivity index (χ2n) is 2.86. The number of carbonyl (C=O) groups excluding carboxylic acids is 1. The van der Waals surface area contributed by atoms with Crippen molar-refractivity contribution in [3.63, 3.8) is 0 Å². The van der Waals surface area contributed by atoms with Crippen LogP contribution in [0, 0.1) is 5.82 Å². The molecule has 7 heteroatoms. The smallest absolute Gasteiger partial charge is 0.355 e. The maximum Gasteiger partial charge on any atom is 0.417 e. The Morgan fingerprint density at radius 1 is 1.38 bits per heavy atom. The third-order valence-electron chi connectivity index (χ3n) is 1.85. The molecule has 0 radical (unpaired) electrons. The molecule has 1 aromatic rings. The zero-order valence-electron chi connectivity index (χ0n) is 7.95.